The van der Waals surface area contributed by atoms with Gasteiger partial charge in [-0.3, -0.25) is 9.78 Å². The molecule has 1 aliphatic heterocycles. The lowest BCUT2D eigenvalue weighted by Gasteiger charge is -2.16. The van der Waals surface area contributed by atoms with Crippen LogP contribution in [0.25, 0.3) is 33.5 Å². The molecular formula is C21H15N3O. The predicted octanol–water partition coefficient (Wildman–Crippen LogP) is 4.35. The largest absolute Gasteiger partial charge is 0.323 e. The quantitative estimate of drug-likeness (QED) is 0.550. The summed E-state index contributed by atoms with van der Waals surface area (Å²) in [6.07, 6.45) is 4.13. The van der Waals surface area contributed by atoms with Gasteiger partial charge in [-0.2, -0.15) is 0 Å². The van der Waals surface area contributed by atoms with Crippen LogP contribution in [0.15, 0.2) is 67.0 Å². The third-order valence-electron chi connectivity index (χ3n) is 4.76. The first-order valence-electron chi connectivity index (χ1n) is 8.34. The second-order valence-electron chi connectivity index (χ2n) is 6.25. The van der Waals surface area contributed by atoms with Gasteiger partial charge in [0.2, 0.25) is 0 Å². The van der Waals surface area contributed by atoms with Crippen molar-refractivity contribution in [2.75, 3.05) is 0 Å². The van der Waals surface area contributed by atoms with E-state index >= 15 is 0 Å². The number of aryl methyl sites for hydroxylation is 1. The molecule has 0 bridgehead atoms. The number of rotatable bonds is 2. The van der Waals surface area contributed by atoms with Gasteiger partial charge in [-0.15, -0.1) is 0 Å². The molecule has 2 aromatic carbocycles. The van der Waals surface area contributed by atoms with E-state index in [2.05, 4.69) is 27.8 Å². The fraction of sp³-hybridized carbons (Fsp3) is 0.0952. The number of hydrogen-bond donors (Lipinski definition) is 0. The molecule has 0 amide bonds. The molecule has 4 heteroatoms. The molecule has 0 atom stereocenters. The van der Waals surface area contributed by atoms with Gasteiger partial charge >= 0.3 is 0 Å². The van der Waals surface area contributed by atoms with Crippen molar-refractivity contribution in [1.82, 2.24) is 14.5 Å². The molecule has 25 heavy (non-hydrogen) atoms. The van der Waals surface area contributed by atoms with E-state index in [4.69, 9.17) is 4.98 Å². The lowest BCUT2D eigenvalue weighted by Crippen LogP contribution is -2.14. The number of carbonyl (C=O) groups is 1. The summed E-state index contributed by atoms with van der Waals surface area (Å²) in [6, 6.07) is 18.2. The molecule has 0 radical (unpaired) electrons. The van der Waals surface area contributed by atoms with Crippen LogP contribution in [0.3, 0.4) is 0 Å². The SMILES string of the molecule is O=C1CCn2c(-c3cccc(-c4ccncc4)c3)nc3cccc1c32. The molecule has 0 saturated heterocycles. The van der Waals surface area contributed by atoms with Crippen molar-refractivity contribution < 1.29 is 4.79 Å². The number of nitrogens with zero attached hydrogens (tertiary/aromatic N) is 3. The van der Waals surface area contributed by atoms with Crippen LogP contribution in [-0.2, 0) is 6.54 Å². The van der Waals surface area contributed by atoms with Gasteiger partial charge in [0.25, 0.3) is 0 Å². The molecule has 1 aliphatic rings. The number of carbonyl (C=O) groups excluding carboxylic acids is 1. The Morgan fingerprint density at radius 2 is 1.68 bits per heavy atom. The zero-order valence-corrected chi connectivity index (χ0v) is 13.5. The monoisotopic (exact) mass is 325 g/mol. The van der Waals surface area contributed by atoms with Crippen molar-refractivity contribution in [2.24, 2.45) is 0 Å². The van der Waals surface area contributed by atoms with Crippen LogP contribution in [-0.4, -0.2) is 20.3 Å². The minimum absolute atomic E-state index is 0.204. The molecule has 5 rings (SSSR count). The van der Waals surface area contributed by atoms with Crippen molar-refractivity contribution in [1.29, 1.82) is 0 Å². The fourth-order valence-electron chi connectivity index (χ4n) is 3.58. The van der Waals surface area contributed by atoms with Crippen molar-refractivity contribution in [3.05, 3.63) is 72.6 Å². The highest BCUT2D eigenvalue weighted by Crippen LogP contribution is 2.32. The van der Waals surface area contributed by atoms with Crippen LogP contribution in [0.4, 0.5) is 0 Å². The van der Waals surface area contributed by atoms with Crippen LogP contribution in [0.5, 0.6) is 0 Å². The first kappa shape index (κ1) is 14.1. The Hall–Kier alpha value is -3.27. The van der Waals surface area contributed by atoms with Gasteiger partial charge in [0.05, 0.1) is 11.0 Å². The van der Waals surface area contributed by atoms with Gasteiger partial charge < -0.3 is 4.57 Å². The number of aromatic nitrogens is 3. The number of benzene rings is 2. The summed E-state index contributed by atoms with van der Waals surface area (Å²) in [4.78, 5) is 21.1. The standard InChI is InChI=1S/C21H15N3O/c25-19-9-12-24-20-17(19)5-2-6-18(20)23-21(24)16-4-1-3-15(13-16)14-7-10-22-11-8-14/h1-8,10-11,13H,9,12H2. The molecular weight excluding hydrogens is 310 g/mol. The van der Waals surface area contributed by atoms with E-state index < -0.39 is 0 Å². The Balaban J connectivity index is 1.72. The summed E-state index contributed by atoms with van der Waals surface area (Å²) < 4.78 is 2.18. The highest BCUT2D eigenvalue weighted by atomic mass is 16.1. The van der Waals surface area contributed by atoms with Gasteiger partial charge in [0.15, 0.2) is 5.78 Å². The average molecular weight is 325 g/mol. The summed E-state index contributed by atoms with van der Waals surface area (Å²) in [7, 11) is 0. The Morgan fingerprint density at radius 3 is 2.56 bits per heavy atom. The second-order valence-corrected chi connectivity index (χ2v) is 6.25. The zero-order valence-electron chi connectivity index (χ0n) is 13.5. The van der Waals surface area contributed by atoms with Gasteiger partial charge in [-0.05, 0) is 41.5 Å². The Labute approximate surface area is 144 Å². The van der Waals surface area contributed by atoms with Crippen LogP contribution >= 0.6 is 0 Å². The number of pyridine rings is 1. The Morgan fingerprint density at radius 1 is 0.880 bits per heavy atom. The maximum atomic E-state index is 12.2. The first-order valence-corrected chi connectivity index (χ1v) is 8.34. The highest BCUT2D eigenvalue weighted by Gasteiger charge is 2.23. The van der Waals surface area contributed by atoms with Crippen LogP contribution in [0.1, 0.15) is 16.8 Å². The van der Waals surface area contributed by atoms with Gasteiger partial charge in [0, 0.05) is 36.5 Å². The van der Waals surface area contributed by atoms with Crippen molar-refractivity contribution in [3.8, 4) is 22.5 Å². The summed E-state index contributed by atoms with van der Waals surface area (Å²) in [5, 5.41) is 0. The molecule has 0 fully saturated rings. The van der Waals surface area contributed by atoms with Crippen molar-refractivity contribution >= 4 is 16.8 Å². The number of imidazole rings is 1. The average Bonchev–Trinajstić information content (AvgIpc) is 3.06. The maximum Gasteiger partial charge on any atom is 0.166 e. The summed E-state index contributed by atoms with van der Waals surface area (Å²) in [6.45, 7) is 0.682. The van der Waals surface area contributed by atoms with E-state index in [0.29, 0.717) is 13.0 Å². The van der Waals surface area contributed by atoms with E-state index in [1.165, 1.54) is 0 Å². The van der Waals surface area contributed by atoms with Crippen molar-refractivity contribution in [3.63, 3.8) is 0 Å². The number of para-hydroxylation sites is 1. The van der Waals surface area contributed by atoms with Crippen LogP contribution in [0.2, 0.25) is 0 Å². The fourth-order valence-corrected chi connectivity index (χ4v) is 3.58. The molecule has 4 aromatic rings. The molecule has 2 aromatic heterocycles. The smallest absolute Gasteiger partial charge is 0.166 e. The van der Waals surface area contributed by atoms with Crippen molar-refractivity contribution in [2.45, 2.75) is 13.0 Å². The van der Waals surface area contributed by atoms with E-state index in [9.17, 15) is 4.79 Å². The minimum atomic E-state index is 0.204. The maximum absolute atomic E-state index is 12.2. The molecule has 3 heterocycles. The molecule has 120 valence electrons. The van der Waals surface area contributed by atoms with Gasteiger partial charge in [-0.1, -0.05) is 24.3 Å². The van der Waals surface area contributed by atoms with Gasteiger partial charge in [0.1, 0.15) is 5.82 Å². The van der Waals surface area contributed by atoms with E-state index in [0.717, 1.165) is 39.1 Å². The molecule has 0 N–H and O–H groups in total. The third kappa shape index (κ3) is 2.18. The van der Waals surface area contributed by atoms with E-state index in [1.54, 1.807) is 12.4 Å². The van der Waals surface area contributed by atoms with E-state index in [1.807, 2.05) is 36.4 Å². The lowest BCUT2D eigenvalue weighted by atomic mass is 10.0. The number of ketones is 1. The molecule has 0 saturated carbocycles. The summed E-state index contributed by atoms with van der Waals surface area (Å²) in [5.41, 5.74) is 5.95. The normalized spacial score (nSPS) is 13.4. The summed E-state index contributed by atoms with van der Waals surface area (Å²) >= 11 is 0. The van der Waals surface area contributed by atoms with Gasteiger partial charge in [-0.25, -0.2) is 4.98 Å². The third-order valence-corrected chi connectivity index (χ3v) is 4.76. The molecule has 4 nitrogen and oxygen atoms in total. The first-order chi connectivity index (χ1) is 12.3. The topological polar surface area (TPSA) is 47.8 Å². The Bertz CT molecular complexity index is 1110. The highest BCUT2D eigenvalue weighted by molar-refractivity contribution is 6.08. The number of hydrogen-bond acceptors (Lipinski definition) is 3. The molecule has 0 aliphatic carbocycles. The van der Waals surface area contributed by atoms with Crippen LogP contribution < -0.4 is 0 Å². The van der Waals surface area contributed by atoms with Crippen LogP contribution in [0, 0.1) is 0 Å². The van der Waals surface area contributed by atoms with E-state index in [-0.39, 0.29) is 5.78 Å². The lowest BCUT2D eigenvalue weighted by molar-refractivity contribution is 0.0973. The molecule has 0 unspecified atom stereocenters. The number of Topliss-reactive ketones (excluding diaryl/α,β-unsaturated/α-hetero) is 1. The summed E-state index contributed by atoms with van der Waals surface area (Å²) in [5.74, 6) is 1.13. The predicted molar refractivity (Wildman–Crippen MR) is 97.3 cm³/mol. The zero-order chi connectivity index (χ0) is 16.8. The minimum Gasteiger partial charge on any atom is -0.323 e. The molecule has 0 spiro atoms. The second kappa shape index (κ2) is 5.38. The Kier molecular flexibility index (Phi) is 3.04.